The Morgan fingerprint density at radius 2 is 2.17 bits per heavy atom. The first-order chi connectivity index (χ1) is 11.1. The van der Waals surface area contributed by atoms with Gasteiger partial charge in [0, 0.05) is 5.56 Å². The fourth-order valence-corrected chi connectivity index (χ4v) is 1.76. The van der Waals surface area contributed by atoms with E-state index in [-0.39, 0.29) is 0 Å². The van der Waals surface area contributed by atoms with Crippen molar-refractivity contribution in [2.75, 3.05) is 6.61 Å². The number of nitrogens with one attached hydrogen (secondary N) is 2. The molecule has 2 rings (SSSR count). The Bertz CT molecular complexity index is 686. The molecule has 7 nitrogen and oxygen atoms in total. The van der Waals surface area contributed by atoms with Crippen molar-refractivity contribution < 1.29 is 19.1 Å². The molecule has 0 radical (unpaired) electrons. The standard InChI is InChI=1S/C15H15N3O4S/c19-14(20)10-22-13-6-2-1-4-11(13)8-17-18-15(23)16-9-12-5-3-7-21-12/h1-8H,9-10H2,(H,19,20)(H2,16,18,23)/b17-8-. The van der Waals surface area contributed by atoms with E-state index in [2.05, 4.69) is 15.8 Å². The molecule has 23 heavy (non-hydrogen) atoms. The van der Waals surface area contributed by atoms with Crippen LogP contribution in [-0.2, 0) is 11.3 Å². The van der Waals surface area contributed by atoms with Crippen molar-refractivity contribution in [3.63, 3.8) is 0 Å². The number of aliphatic carboxylic acids is 1. The van der Waals surface area contributed by atoms with E-state index in [1.807, 2.05) is 6.07 Å². The van der Waals surface area contributed by atoms with Crippen molar-refractivity contribution >= 4 is 29.5 Å². The summed E-state index contributed by atoms with van der Waals surface area (Å²) >= 11 is 5.07. The summed E-state index contributed by atoms with van der Waals surface area (Å²) in [6.45, 7) is 0.0358. The minimum absolute atomic E-state index is 0.335. The molecule has 0 unspecified atom stereocenters. The molecule has 0 aliphatic rings. The highest BCUT2D eigenvalue weighted by molar-refractivity contribution is 7.80. The van der Waals surface area contributed by atoms with Crippen LogP contribution in [0.1, 0.15) is 11.3 Å². The first-order valence-electron chi connectivity index (χ1n) is 6.68. The van der Waals surface area contributed by atoms with Crippen LogP contribution in [0.5, 0.6) is 5.75 Å². The lowest BCUT2D eigenvalue weighted by Crippen LogP contribution is -2.31. The van der Waals surface area contributed by atoms with Crippen LogP contribution in [0.3, 0.4) is 0 Å². The SMILES string of the molecule is O=C(O)COc1ccccc1/C=N\NC(=S)NCc1ccco1. The number of ether oxygens (including phenoxy) is 1. The second kappa shape index (κ2) is 8.54. The Morgan fingerprint density at radius 1 is 1.35 bits per heavy atom. The van der Waals surface area contributed by atoms with Gasteiger partial charge >= 0.3 is 5.97 Å². The Hall–Kier alpha value is -2.87. The van der Waals surface area contributed by atoms with Gasteiger partial charge in [-0.1, -0.05) is 12.1 Å². The summed E-state index contributed by atoms with van der Waals surface area (Å²) < 4.78 is 10.3. The highest BCUT2D eigenvalue weighted by Crippen LogP contribution is 2.15. The molecule has 0 fully saturated rings. The molecule has 0 spiro atoms. The number of furan rings is 1. The number of para-hydroxylation sites is 1. The minimum Gasteiger partial charge on any atom is -0.481 e. The molecule has 120 valence electrons. The van der Waals surface area contributed by atoms with Gasteiger partial charge in [0.2, 0.25) is 0 Å². The Kier molecular flexibility index (Phi) is 6.13. The van der Waals surface area contributed by atoms with E-state index in [1.54, 1.807) is 36.6 Å². The molecular formula is C15H15N3O4S. The molecule has 0 aliphatic heterocycles. The van der Waals surface area contributed by atoms with Crippen molar-refractivity contribution in [2.24, 2.45) is 5.10 Å². The second-order valence-electron chi connectivity index (χ2n) is 4.35. The number of hydrazone groups is 1. The number of rotatable bonds is 7. The molecule has 0 aliphatic carbocycles. The molecule has 0 atom stereocenters. The molecular weight excluding hydrogens is 318 g/mol. The van der Waals surface area contributed by atoms with Crippen LogP contribution in [0, 0.1) is 0 Å². The third-order valence-electron chi connectivity index (χ3n) is 2.64. The maximum atomic E-state index is 10.6. The van der Waals surface area contributed by atoms with Crippen LogP contribution < -0.4 is 15.5 Å². The van der Waals surface area contributed by atoms with Crippen LogP contribution in [0.4, 0.5) is 0 Å². The van der Waals surface area contributed by atoms with E-state index in [0.29, 0.717) is 23.0 Å². The number of carbonyl (C=O) groups is 1. The lowest BCUT2D eigenvalue weighted by molar-refractivity contribution is -0.139. The molecule has 0 amide bonds. The monoisotopic (exact) mass is 333 g/mol. The zero-order valence-corrected chi connectivity index (χ0v) is 12.9. The van der Waals surface area contributed by atoms with Gasteiger partial charge in [0.25, 0.3) is 0 Å². The van der Waals surface area contributed by atoms with Crippen molar-refractivity contribution in [3.05, 3.63) is 54.0 Å². The van der Waals surface area contributed by atoms with Gasteiger partial charge in [0.05, 0.1) is 19.0 Å². The van der Waals surface area contributed by atoms with Gasteiger partial charge in [-0.2, -0.15) is 5.10 Å². The van der Waals surface area contributed by atoms with E-state index >= 15 is 0 Å². The predicted octanol–water partition coefficient (Wildman–Crippen LogP) is 1.74. The molecule has 0 saturated carbocycles. The number of carboxylic acid groups (broad SMARTS) is 1. The average Bonchev–Trinajstić information content (AvgIpc) is 3.05. The molecule has 2 aromatic rings. The van der Waals surface area contributed by atoms with Crippen LogP contribution in [0.25, 0.3) is 0 Å². The molecule has 1 aromatic heterocycles. The van der Waals surface area contributed by atoms with Crippen LogP contribution in [0.2, 0.25) is 0 Å². The normalized spacial score (nSPS) is 10.4. The number of nitrogens with zero attached hydrogens (tertiary/aromatic N) is 1. The third kappa shape index (κ3) is 5.79. The van der Waals surface area contributed by atoms with Gasteiger partial charge in [-0.25, -0.2) is 4.79 Å². The Balaban J connectivity index is 1.84. The Morgan fingerprint density at radius 3 is 2.91 bits per heavy atom. The second-order valence-corrected chi connectivity index (χ2v) is 4.76. The van der Waals surface area contributed by atoms with Gasteiger partial charge < -0.3 is 19.6 Å². The number of hydrogen-bond donors (Lipinski definition) is 3. The topological polar surface area (TPSA) is 96.1 Å². The van der Waals surface area contributed by atoms with E-state index in [0.717, 1.165) is 5.76 Å². The zero-order chi connectivity index (χ0) is 16.5. The smallest absolute Gasteiger partial charge is 0.341 e. The summed E-state index contributed by atoms with van der Waals surface area (Å²) in [7, 11) is 0. The van der Waals surface area contributed by atoms with Crippen molar-refractivity contribution in [3.8, 4) is 5.75 Å². The van der Waals surface area contributed by atoms with Gasteiger partial charge in [-0.3, -0.25) is 5.43 Å². The van der Waals surface area contributed by atoms with Gasteiger partial charge in [-0.05, 0) is 36.5 Å². The van der Waals surface area contributed by atoms with Crippen LogP contribution in [0.15, 0.2) is 52.2 Å². The Labute approximate surface area is 138 Å². The summed E-state index contributed by atoms with van der Waals surface area (Å²) in [5.41, 5.74) is 3.30. The quantitative estimate of drug-likeness (QED) is 0.403. The molecule has 1 heterocycles. The van der Waals surface area contributed by atoms with Crippen molar-refractivity contribution in [2.45, 2.75) is 6.54 Å². The molecule has 3 N–H and O–H groups in total. The minimum atomic E-state index is -1.04. The first-order valence-corrected chi connectivity index (χ1v) is 7.09. The third-order valence-corrected chi connectivity index (χ3v) is 2.88. The lowest BCUT2D eigenvalue weighted by Gasteiger charge is -2.07. The van der Waals surface area contributed by atoms with Gasteiger partial charge in [0.15, 0.2) is 11.7 Å². The van der Waals surface area contributed by atoms with Crippen molar-refractivity contribution in [1.82, 2.24) is 10.7 Å². The highest BCUT2D eigenvalue weighted by Gasteiger charge is 2.03. The van der Waals surface area contributed by atoms with E-state index in [4.69, 9.17) is 26.5 Å². The summed E-state index contributed by atoms with van der Waals surface area (Å²) in [4.78, 5) is 10.6. The predicted molar refractivity (Wildman–Crippen MR) is 88.4 cm³/mol. The summed E-state index contributed by atoms with van der Waals surface area (Å²) in [5, 5.41) is 15.9. The number of carboxylic acids is 1. The maximum absolute atomic E-state index is 10.6. The fourth-order valence-electron chi connectivity index (χ4n) is 1.64. The van der Waals surface area contributed by atoms with Crippen LogP contribution >= 0.6 is 12.2 Å². The molecule has 0 saturated heterocycles. The zero-order valence-electron chi connectivity index (χ0n) is 12.1. The van der Waals surface area contributed by atoms with Crippen LogP contribution in [-0.4, -0.2) is 29.0 Å². The number of thiocarbonyl (C=S) groups is 1. The molecule has 8 heteroatoms. The number of benzene rings is 1. The van der Waals surface area contributed by atoms with E-state index in [1.165, 1.54) is 6.21 Å². The van der Waals surface area contributed by atoms with Gasteiger partial charge in [0.1, 0.15) is 11.5 Å². The summed E-state index contributed by atoms with van der Waals surface area (Å²) in [6, 6.07) is 10.6. The largest absolute Gasteiger partial charge is 0.481 e. The van der Waals surface area contributed by atoms with E-state index in [9.17, 15) is 4.79 Å². The molecule has 1 aromatic carbocycles. The molecule has 0 bridgehead atoms. The van der Waals surface area contributed by atoms with Gasteiger partial charge in [-0.15, -0.1) is 0 Å². The lowest BCUT2D eigenvalue weighted by atomic mass is 10.2. The number of hydrogen-bond acceptors (Lipinski definition) is 5. The average molecular weight is 333 g/mol. The summed E-state index contributed by atoms with van der Waals surface area (Å²) in [6.07, 6.45) is 3.08. The highest BCUT2D eigenvalue weighted by atomic mass is 32.1. The maximum Gasteiger partial charge on any atom is 0.341 e. The van der Waals surface area contributed by atoms with E-state index < -0.39 is 12.6 Å². The fraction of sp³-hybridized carbons (Fsp3) is 0.133. The first kappa shape index (κ1) is 16.5. The summed E-state index contributed by atoms with van der Waals surface area (Å²) in [5.74, 6) is 0.138. The van der Waals surface area contributed by atoms with Crippen molar-refractivity contribution in [1.29, 1.82) is 0 Å².